The summed E-state index contributed by atoms with van der Waals surface area (Å²) in [4.78, 5) is 15.7. The molecule has 0 atom stereocenters. The predicted octanol–water partition coefficient (Wildman–Crippen LogP) is 16.4. The van der Waals surface area contributed by atoms with Gasteiger partial charge in [0.1, 0.15) is 11.5 Å². The number of hydrogen-bond donors (Lipinski definition) is 0. The Morgan fingerprint density at radius 1 is 0.347 bits per heavy atom. The molecule has 2 aliphatic carbocycles. The van der Waals surface area contributed by atoms with E-state index in [1.165, 1.54) is 49.6 Å². The van der Waals surface area contributed by atoms with Gasteiger partial charge in [-0.15, -0.1) is 0 Å². The molecule has 1 spiro atoms. The normalized spacial score (nSPS) is 14.0. The lowest BCUT2D eigenvalue weighted by Gasteiger charge is -2.39. The molecule has 0 fully saturated rings. The Morgan fingerprint density at radius 3 is 1.62 bits per heavy atom. The van der Waals surface area contributed by atoms with Crippen LogP contribution in [0.25, 0.3) is 95.0 Å². The van der Waals surface area contributed by atoms with Crippen molar-refractivity contribution in [2.24, 2.45) is 0 Å². The maximum atomic E-state index is 6.74. The van der Waals surface area contributed by atoms with E-state index in [0.29, 0.717) is 17.5 Å². The lowest BCUT2D eigenvalue weighted by atomic mass is 9.66. The Bertz CT molecular complexity index is 4110. The van der Waals surface area contributed by atoms with E-state index in [1.54, 1.807) is 0 Å². The van der Waals surface area contributed by atoms with Crippen LogP contribution in [-0.2, 0) is 10.8 Å². The van der Waals surface area contributed by atoms with Crippen LogP contribution in [0.3, 0.4) is 0 Å². The van der Waals surface area contributed by atoms with Gasteiger partial charge in [0.05, 0.1) is 16.4 Å². The number of ether oxygens (including phenoxy) is 1. The molecule has 0 saturated carbocycles. The van der Waals surface area contributed by atoms with E-state index in [0.717, 1.165) is 72.8 Å². The second kappa shape index (κ2) is 15.2. The van der Waals surface area contributed by atoms with Crippen molar-refractivity contribution in [2.75, 3.05) is 0 Å². The van der Waals surface area contributed by atoms with Gasteiger partial charge >= 0.3 is 0 Å². The molecule has 338 valence electrons. The summed E-state index contributed by atoms with van der Waals surface area (Å²) in [6.45, 7) is 4.72. The highest BCUT2D eigenvalue weighted by Crippen LogP contribution is 2.63. The van der Waals surface area contributed by atoms with E-state index >= 15 is 0 Å². The Kier molecular flexibility index (Phi) is 8.56. The molecule has 10 aromatic carbocycles. The SMILES string of the molecule is CC1(C)c2ccccc2-c2cc3c(cc21)c1ccccc1n3-c1ccc(-c2ccc3c(c2)-c2c(-c4nc(-c5ccccc5)nc(-c5ccccc5)n4)cccc2C32c3ccccc3Oc3ccccc32)cc1. The first-order valence-corrected chi connectivity index (χ1v) is 24.8. The van der Waals surface area contributed by atoms with Gasteiger partial charge in [-0.1, -0.05) is 196 Å². The minimum absolute atomic E-state index is 0.0825. The Morgan fingerprint density at radius 2 is 0.917 bits per heavy atom. The van der Waals surface area contributed by atoms with Gasteiger partial charge in [-0.25, -0.2) is 15.0 Å². The number of rotatable bonds is 5. The molecule has 72 heavy (non-hydrogen) atoms. The molecule has 0 unspecified atom stereocenters. The summed E-state index contributed by atoms with van der Waals surface area (Å²) in [5.41, 5.74) is 20.0. The van der Waals surface area contributed by atoms with E-state index in [2.05, 4.69) is 213 Å². The van der Waals surface area contributed by atoms with Crippen molar-refractivity contribution in [3.05, 3.63) is 264 Å². The fraction of sp³-hybridized carbons (Fsp3) is 0.0597. The van der Waals surface area contributed by atoms with Crippen molar-refractivity contribution in [1.82, 2.24) is 19.5 Å². The molecule has 12 aromatic rings. The summed E-state index contributed by atoms with van der Waals surface area (Å²) >= 11 is 0. The largest absolute Gasteiger partial charge is 0.457 e. The van der Waals surface area contributed by atoms with Gasteiger partial charge in [0, 0.05) is 49.7 Å². The average Bonchev–Trinajstić information content (AvgIpc) is 4.02. The lowest BCUT2D eigenvalue weighted by Crippen LogP contribution is -2.32. The van der Waals surface area contributed by atoms with Crippen molar-refractivity contribution in [1.29, 1.82) is 0 Å². The van der Waals surface area contributed by atoms with Gasteiger partial charge in [0.15, 0.2) is 17.5 Å². The smallest absolute Gasteiger partial charge is 0.164 e. The lowest BCUT2D eigenvalue weighted by molar-refractivity contribution is 0.436. The van der Waals surface area contributed by atoms with Crippen LogP contribution in [0.1, 0.15) is 47.2 Å². The third-order valence-electron chi connectivity index (χ3n) is 15.7. The molecule has 0 amide bonds. The van der Waals surface area contributed by atoms with Crippen LogP contribution >= 0.6 is 0 Å². The summed E-state index contributed by atoms with van der Waals surface area (Å²) in [5, 5.41) is 2.53. The number of nitrogens with zero attached hydrogens (tertiary/aromatic N) is 4. The average molecular weight is 921 g/mol. The van der Waals surface area contributed by atoms with Crippen molar-refractivity contribution < 1.29 is 4.74 Å². The quantitative estimate of drug-likeness (QED) is 0.173. The molecule has 15 rings (SSSR count). The van der Waals surface area contributed by atoms with Crippen molar-refractivity contribution in [3.8, 4) is 84.7 Å². The fourth-order valence-corrected chi connectivity index (χ4v) is 12.5. The molecule has 0 saturated heterocycles. The third-order valence-corrected chi connectivity index (χ3v) is 15.7. The van der Waals surface area contributed by atoms with Crippen LogP contribution in [0.2, 0.25) is 0 Å². The molecule has 3 aliphatic rings. The van der Waals surface area contributed by atoms with Crippen LogP contribution in [0.5, 0.6) is 11.5 Å². The van der Waals surface area contributed by atoms with E-state index < -0.39 is 5.41 Å². The highest BCUT2D eigenvalue weighted by atomic mass is 16.5. The van der Waals surface area contributed by atoms with Crippen LogP contribution in [0, 0.1) is 0 Å². The molecule has 1 aliphatic heterocycles. The van der Waals surface area contributed by atoms with Crippen LogP contribution < -0.4 is 4.74 Å². The zero-order valence-electron chi connectivity index (χ0n) is 39.6. The van der Waals surface area contributed by atoms with E-state index in [4.69, 9.17) is 19.7 Å². The number of fused-ring (bicyclic) bond motifs is 15. The monoisotopic (exact) mass is 920 g/mol. The zero-order chi connectivity index (χ0) is 47.7. The molecule has 0 N–H and O–H groups in total. The first-order valence-electron chi connectivity index (χ1n) is 24.8. The van der Waals surface area contributed by atoms with Crippen molar-refractivity contribution in [2.45, 2.75) is 24.7 Å². The van der Waals surface area contributed by atoms with Crippen LogP contribution in [0.15, 0.2) is 231 Å². The molecule has 3 heterocycles. The molecule has 0 bridgehead atoms. The van der Waals surface area contributed by atoms with Gasteiger partial charge in [0.25, 0.3) is 0 Å². The number of aromatic nitrogens is 4. The second-order valence-electron chi connectivity index (χ2n) is 19.9. The summed E-state index contributed by atoms with van der Waals surface area (Å²) in [7, 11) is 0. The minimum Gasteiger partial charge on any atom is -0.457 e. The maximum Gasteiger partial charge on any atom is 0.164 e. The second-order valence-corrected chi connectivity index (χ2v) is 19.9. The topological polar surface area (TPSA) is 52.8 Å². The zero-order valence-corrected chi connectivity index (χ0v) is 39.6. The van der Waals surface area contributed by atoms with Crippen molar-refractivity contribution in [3.63, 3.8) is 0 Å². The van der Waals surface area contributed by atoms with Gasteiger partial charge < -0.3 is 9.30 Å². The van der Waals surface area contributed by atoms with Crippen LogP contribution in [0.4, 0.5) is 0 Å². The molecular weight excluding hydrogens is 877 g/mol. The van der Waals surface area contributed by atoms with Crippen molar-refractivity contribution >= 4 is 21.8 Å². The molecule has 2 aromatic heterocycles. The van der Waals surface area contributed by atoms with E-state index in [-0.39, 0.29) is 5.41 Å². The van der Waals surface area contributed by atoms with Gasteiger partial charge in [-0.05, 0) is 104 Å². The molecule has 5 nitrogen and oxygen atoms in total. The predicted molar refractivity (Wildman–Crippen MR) is 291 cm³/mol. The number of hydrogen-bond acceptors (Lipinski definition) is 4. The van der Waals surface area contributed by atoms with E-state index in [1.807, 2.05) is 36.4 Å². The minimum atomic E-state index is -0.682. The summed E-state index contributed by atoms with van der Waals surface area (Å²) in [6.07, 6.45) is 0. The Hall–Kier alpha value is -9.19. The highest BCUT2D eigenvalue weighted by Gasteiger charge is 2.52. The molecular formula is C67H44N4O. The number of benzene rings is 10. The summed E-state index contributed by atoms with van der Waals surface area (Å²) in [6, 6.07) is 82.9. The molecule has 0 radical (unpaired) electrons. The highest BCUT2D eigenvalue weighted by molar-refractivity contribution is 6.11. The first-order chi connectivity index (χ1) is 35.4. The Balaban J connectivity index is 0.936. The van der Waals surface area contributed by atoms with Crippen LogP contribution in [-0.4, -0.2) is 19.5 Å². The van der Waals surface area contributed by atoms with Gasteiger partial charge in [0.2, 0.25) is 0 Å². The summed E-state index contributed by atoms with van der Waals surface area (Å²) in [5.74, 6) is 3.57. The maximum absolute atomic E-state index is 6.74. The number of para-hydroxylation sites is 3. The molecule has 5 heteroatoms. The first kappa shape index (κ1) is 40.7. The van der Waals surface area contributed by atoms with Gasteiger partial charge in [-0.3, -0.25) is 0 Å². The van der Waals surface area contributed by atoms with Gasteiger partial charge in [-0.2, -0.15) is 0 Å². The third kappa shape index (κ3) is 5.67. The standard InChI is InChI=1S/C67H44N4O/c1-66(2)52-25-11-9-22-46(52)49-40-59-50(39-57(49)66)47-23-10-14-29-58(47)71(59)45-35-32-41(33-36-45)44-34-37-53-51(38-44)62-48(65-69-63(42-18-5-3-6-19-42)68-64(70-65)43-20-7-4-8-21-43)24-17-28-56(62)67(53)54-26-12-15-30-60(54)72-61-31-16-13-27-55(61)67/h3-40H,1-2H3. The fourth-order valence-electron chi connectivity index (χ4n) is 12.5. The summed E-state index contributed by atoms with van der Waals surface area (Å²) < 4.78 is 9.18. The van der Waals surface area contributed by atoms with E-state index in [9.17, 15) is 0 Å². The Labute approximate surface area is 417 Å².